The molecular formula is C12H14N6O. The fourth-order valence-corrected chi connectivity index (χ4v) is 1.46. The van der Waals surface area contributed by atoms with Crippen LogP contribution in [0, 0.1) is 6.92 Å². The maximum absolute atomic E-state index is 11.5. The first-order valence-electron chi connectivity index (χ1n) is 5.99. The second-order valence-electron chi connectivity index (χ2n) is 4.00. The molecule has 0 radical (unpaired) electrons. The largest absolute Gasteiger partial charge is 0.326 e. The molecular weight excluding hydrogens is 244 g/mol. The van der Waals surface area contributed by atoms with Crippen molar-refractivity contribution >= 4 is 11.6 Å². The maximum atomic E-state index is 11.5. The number of pyridine rings is 1. The Morgan fingerprint density at radius 3 is 2.68 bits per heavy atom. The zero-order valence-corrected chi connectivity index (χ0v) is 10.8. The quantitative estimate of drug-likeness (QED) is 0.890. The molecule has 0 aliphatic carbocycles. The number of carbonyl (C=O) groups excluding carboxylic acids is 1. The number of aryl methyl sites for hydroxylation is 1. The van der Waals surface area contributed by atoms with Crippen molar-refractivity contribution in [3.05, 3.63) is 24.2 Å². The lowest BCUT2D eigenvalue weighted by Gasteiger charge is -2.05. The lowest BCUT2D eigenvalue weighted by atomic mass is 10.2. The molecule has 2 heterocycles. The lowest BCUT2D eigenvalue weighted by molar-refractivity contribution is -0.116. The van der Waals surface area contributed by atoms with Gasteiger partial charge in [0.05, 0.1) is 0 Å². The molecule has 98 valence electrons. The summed E-state index contributed by atoms with van der Waals surface area (Å²) >= 11 is 0. The molecule has 0 unspecified atom stereocenters. The number of aromatic nitrogens is 5. The summed E-state index contributed by atoms with van der Waals surface area (Å²) in [5, 5.41) is 18.3. The molecule has 2 aromatic rings. The van der Waals surface area contributed by atoms with E-state index in [4.69, 9.17) is 0 Å². The number of hydrogen-bond donors (Lipinski definition) is 1. The maximum Gasteiger partial charge on any atom is 0.224 e. The summed E-state index contributed by atoms with van der Waals surface area (Å²) < 4.78 is 0. The first-order chi connectivity index (χ1) is 9.19. The van der Waals surface area contributed by atoms with E-state index in [1.165, 1.54) is 0 Å². The van der Waals surface area contributed by atoms with Gasteiger partial charge in [-0.25, -0.2) is 0 Å². The number of rotatable bonds is 4. The number of carbonyl (C=O) groups is 1. The van der Waals surface area contributed by atoms with Crippen LogP contribution in [0.15, 0.2) is 18.3 Å². The second kappa shape index (κ2) is 5.94. The minimum atomic E-state index is -0.0271. The van der Waals surface area contributed by atoms with E-state index in [9.17, 15) is 4.79 Å². The Labute approximate surface area is 110 Å². The van der Waals surface area contributed by atoms with Gasteiger partial charge in [-0.2, -0.15) is 0 Å². The summed E-state index contributed by atoms with van der Waals surface area (Å²) in [7, 11) is 0. The third kappa shape index (κ3) is 3.51. The van der Waals surface area contributed by atoms with Gasteiger partial charge in [-0.3, -0.25) is 9.78 Å². The molecule has 0 aliphatic rings. The smallest absolute Gasteiger partial charge is 0.224 e. The number of nitrogens with zero attached hydrogens (tertiary/aromatic N) is 5. The number of anilines is 1. The average molecular weight is 258 g/mol. The highest BCUT2D eigenvalue weighted by Gasteiger charge is 2.07. The molecule has 0 fully saturated rings. The summed E-state index contributed by atoms with van der Waals surface area (Å²) in [5.74, 6) is 0.800. The van der Waals surface area contributed by atoms with Crippen molar-refractivity contribution in [1.82, 2.24) is 25.4 Å². The molecule has 0 spiro atoms. The van der Waals surface area contributed by atoms with Crippen LogP contribution in [0.25, 0.3) is 11.5 Å². The molecule has 0 atom stereocenters. The molecule has 2 aromatic heterocycles. The summed E-state index contributed by atoms with van der Waals surface area (Å²) in [5.41, 5.74) is 1.18. The van der Waals surface area contributed by atoms with Crippen molar-refractivity contribution in [3.63, 3.8) is 0 Å². The monoisotopic (exact) mass is 258 g/mol. The first-order valence-corrected chi connectivity index (χ1v) is 5.99. The van der Waals surface area contributed by atoms with Crippen LogP contribution in [0.3, 0.4) is 0 Å². The first kappa shape index (κ1) is 13.0. The Balaban J connectivity index is 2.19. The van der Waals surface area contributed by atoms with Gasteiger partial charge in [-0.15, -0.1) is 20.4 Å². The van der Waals surface area contributed by atoms with Crippen LogP contribution in [-0.4, -0.2) is 31.3 Å². The van der Waals surface area contributed by atoms with Gasteiger partial charge in [0.25, 0.3) is 0 Å². The van der Waals surface area contributed by atoms with E-state index in [0.717, 1.165) is 6.42 Å². The third-order valence-electron chi connectivity index (χ3n) is 2.33. The molecule has 1 N–H and O–H groups in total. The van der Waals surface area contributed by atoms with Crippen molar-refractivity contribution in [3.8, 4) is 11.5 Å². The van der Waals surface area contributed by atoms with Crippen LogP contribution in [0.4, 0.5) is 5.69 Å². The normalized spacial score (nSPS) is 10.2. The standard InChI is InChI=1S/C12H14N6O/c1-3-4-11(19)14-9-5-6-13-10(7-9)12-17-15-8(2)16-18-12/h5-7H,3-4H2,1-2H3,(H,13,14,19). The van der Waals surface area contributed by atoms with Crippen LogP contribution in [-0.2, 0) is 4.79 Å². The fourth-order valence-electron chi connectivity index (χ4n) is 1.46. The second-order valence-corrected chi connectivity index (χ2v) is 4.00. The molecule has 1 amide bonds. The highest BCUT2D eigenvalue weighted by molar-refractivity contribution is 5.91. The number of nitrogens with one attached hydrogen (secondary N) is 1. The van der Waals surface area contributed by atoms with Crippen LogP contribution in [0.5, 0.6) is 0 Å². The topological polar surface area (TPSA) is 93.6 Å². The van der Waals surface area contributed by atoms with Gasteiger partial charge < -0.3 is 5.32 Å². The Morgan fingerprint density at radius 2 is 2.00 bits per heavy atom. The molecule has 19 heavy (non-hydrogen) atoms. The molecule has 0 bridgehead atoms. The highest BCUT2D eigenvalue weighted by Crippen LogP contribution is 2.15. The molecule has 0 aliphatic heterocycles. The van der Waals surface area contributed by atoms with E-state index in [1.807, 2.05) is 6.92 Å². The SMILES string of the molecule is CCCC(=O)Nc1ccnc(-c2nnc(C)nn2)c1. The van der Waals surface area contributed by atoms with E-state index < -0.39 is 0 Å². The Bertz CT molecular complexity index is 569. The van der Waals surface area contributed by atoms with E-state index in [2.05, 4.69) is 30.7 Å². The fraction of sp³-hybridized carbons (Fsp3) is 0.333. The number of hydrogen-bond acceptors (Lipinski definition) is 6. The molecule has 7 heteroatoms. The molecule has 7 nitrogen and oxygen atoms in total. The van der Waals surface area contributed by atoms with E-state index in [1.54, 1.807) is 25.3 Å². The van der Waals surface area contributed by atoms with Gasteiger partial charge in [-0.1, -0.05) is 6.92 Å². The zero-order chi connectivity index (χ0) is 13.7. The van der Waals surface area contributed by atoms with Gasteiger partial charge in [0.15, 0.2) is 5.82 Å². The van der Waals surface area contributed by atoms with Crippen molar-refractivity contribution in [2.75, 3.05) is 5.32 Å². The molecule has 0 saturated heterocycles. The third-order valence-corrected chi connectivity index (χ3v) is 2.33. The van der Waals surface area contributed by atoms with Crippen molar-refractivity contribution < 1.29 is 4.79 Å². The van der Waals surface area contributed by atoms with Gasteiger partial charge in [-0.05, 0) is 25.5 Å². The van der Waals surface area contributed by atoms with Gasteiger partial charge in [0.2, 0.25) is 11.7 Å². The molecule has 0 aromatic carbocycles. The minimum Gasteiger partial charge on any atom is -0.326 e. The number of amides is 1. The van der Waals surface area contributed by atoms with Crippen molar-refractivity contribution in [2.24, 2.45) is 0 Å². The van der Waals surface area contributed by atoms with Crippen molar-refractivity contribution in [1.29, 1.82) is 0 Å². The lowest BCUT2D eigenvalue weighted by Crippen LogP contribution is -2.10. The van der Waals surface area contributed by atoms with Gasteiger partial charge >= 0.3 is 0 Å². The van der Waals surface area contributed by atoms with Crippen LogP contribution in [0.2, 0.25) is 0 Å². The predicted molar refractivity (Wildman–Crippen MR) is 69.1 cm³/mol. The van der Waals surface area contributed by atoms with Crippen molar-refractivity contribution in [2.45, 2.75) is 26.7 Å². The van der Waals surface area contributed by atoms with Crippen LogP contribution < -0.4 is 5.32 Å². The highest BCUT2D eigenvalue weighted by atomic mass is 16.1. The Hall–Kier alpha value is -2.44. The van der Waals surface area contributed by atoms with Crippen LogP contribution in [0.1, 0.15) is 25.6 Å². The average Bonchev–Trinajstić information content (AvgIpc) is 2.40. The van der Waals surface area contributed by atoms with E-state index in [0.29, 0.717) is 29.5 Å². The van der Waals surface area contributed by atoms with Gasteiger partial charge in [0.1, 0.15) is 5.69 Å². The van der Waals surface area contributed by atoms with Gasteiger partial charge in [0, 0.05) is 18.3 Å². The summed E-state index contributed by atoms with van der Waals surface area (Å²) in [4.78, 5) is 15.7. The Morgan fingerprint density at radius 1 is 1.26 bits per heavy atom. The summed E-state index contributed by atoms with van der Waals surface area (Å²) in [6.07, 6.45) is 2.88. The van der Waals surface area contributed by atoms with E-state index in [-0.39, 0.29) is 5.91 Å². The predicted octanol–water partition coefficient (Wildman–Crippen LogP) is 1.38. The Kier molecular flexibility index (Phi) is 4.07. The van der Waals surface area contributed by atoms with E-state index >= 15 is 0 Å². The minimum absolute atomic E-state index is 0.0271. The van der Waals surface area contributed by atoms with Crippen LogP contribution >= 0.6 is 0 Å². The molecule has 0 saturated carbocycles. The molecule has 2 rings (SSSR count). The zero-order valence-electron chi connectivity index (χ0n) is 10.8. The summed E-state index contributed by atoms with van der Waals surface area (Å²) in [6, 6.07) is 3.41. The summed E-state index contributed by atoms with van der Waals surface area (Å²) in [6.45, 7) is 3.66.